The van der Waals surface area contributed by atoms with E-state index in [1.165, 1.54) is 68.9 Å². The summed E-state index contributed by atoms with van der Waals surface area (Å²) in [6.45, 7) is 0. The number of benzene rings is 2. The second-order valence-corrected chi connectivity index (χ2v) is 11.3. The highest BCUT2D eigenvalue weighted by molar-refractivity contribution is 7.67. The van der Waals surface area contributed by atoms with Crippen molar-refractivity contribution >= 4 is 13.2 Å². The van der Waals surface area contributed by atoms with Crippen LogP contribution in [0.2, 0.25) is 0 Å². The molecule has 3 unspecified atom stereocenters. The van der Waals surface area contributed by atoms with Crippen LogP contribution in [0.5, 0.6) is 5.75 Å². The number of rotatable bonds is 2. The van der Waals surface area contributed by atoms with E-state index in [1.807, 2.05) is 7.11 Å². The number of ether oxygens (including phenoxy) is 1. The molecule has 0 bridgehead atoms. The third-order valence-corrected chi connectivity index (χ3v) is 10.8. The number of methoxy groups -OCH3 is 1. The molecule has 0 saturated heterocycles. The number of fused-ring (bicyclic) bond motifs is 5. The van der Waals surface area contributed by atoms with Crippen molar-refractivity contribution < 1.29 is 4.74 Å². The first-order valence-corrected chi connectivity index (χ1v) is 12.4. The zero-order valence-corrected chi connectivity index (χ0v) is 17.4. The lowest BCUT2D eigenvalue weighted by Gasteiger charge is -2.42. The lowest BCUT2D eigenvalue weighted by Crippen LogP contribution is -2.29. The van der Waals surface area contributed by atoms with Crippen molar-refractivity contribution in [1.82, 2.24) is 0 Å². The van der Waals surface area contributed by atoms with Crippen LogP contribution in [-0.4, -0.2) is 18.4 Å². The Morgan fingerprint density at radius 2 is 1.59 bits per heavy atom. The maximum atomic E-state index is 5.89. The Bertz CT molecular complexity index is 808. The third kappa shape index (κ3) is 3.03. The summed E-state index contributed by atoms with van der Waals surface area (Å²) >= 11 is 0. The first-order valence-electron chi connectivity index (χ1n) is 10.9. The molecule has 3 atom stereocenters. The molecule has 5 rings (SSSR count). The fourth-order valence-electron chi connectivity index (χ4n) is 6.04. The standard InChI is InChI=1S/C25H31OP/c1-26-22-15-9-14-20-19-12-5-7-16-23(19)27(18-10-3-2-4-11-18)24-17-8-6-13-21(24)25(20)22/h6,8-9,13-15,17-19,23H,2-5,7,10-12,16H2,1H3. The molecule has 0 aromatic heterocycles. The minimum Gasteiger partial charge on any atom is -0.496 e. The maximum absolute atomic E-state index is 5.89. The van der Waals surface area contributed by atoms with E-state index >= 15 is 0 Å². The fourth-order valence-corrected chi connectivity index (χ4v) is 10.1. The zero-order chi connectivity index (χ0) is 18.2. The molecule has 2 aromatic carbocycles. The molecule has 2 heteroatoms. The Kier molecular flexibility index (Phi) is 4.99. The van der Waals surface area contributed by atoms with Crippen LogP contribution < -0.4 is 10.0 Å². The van der Waals surface area contributed by atoms with E-state index < -0.39 is 0 Å². The number of hydrogen-bond donors (Lipinski definition) is 0. The van der Waals surface area contributed by atoms with Crippen LogP contribution in [0.4, 0.5) is 0 Å². The Morgan fingerprint density at radius 3 is 2.44 bits per heavy atom. The normalized spacial score (nSPS) is 27.8. The van der Waals surface area contributed by atoms with Crippen molar-refractivity contribution in [3.8, 4) is 16.9 Å². The average molecular weight is 378 g/mol. The molecule has 142 valence electrons. The summed E-state index contributed by atoms with van der Waals surface area (Å²) in [6.07, 6.45) is 12.9. The van der Waals surface area contributed by atoms with Crippen molar-refractivity contribution in [2.45, 2.75) is 75.0 Å². The molecule has 3 aliphatic rings. The topological polar surface area (TPSA) is 9.23 Å². The molecule has 0 radical (unpaired) electrons. The van der Waals surface area contributed by atoms with E-state index in [4.69, 9.17) is 4.74 Å². The number of hydrogen-bond acceptors (Lipinski definition) is 1. The SMILES string of the molecule is COc1cccc2c1-c1ccccc1P(C1CCCCC1)C1CCCCC21. The molecular weight excluding hydrogens is 347 g/mol. The van der Waals surface area contributed by atoms with Gasteiger partial charge in [0.05, 0.1) is 7.11 Å². The zero-order valence-electron chi connectivity index (χ0n) is 16.5. The van der Waals surface area contributed by atoms with Gasteiger partial charge in [-0.1, -0.05) is 76.4 Å². The van der Waals surface area contributed by atoms with Gasteiger partial charge in [-0.05, 0) is 65.4 Å². The molecule has 2 aromatic rings. The largest absolute Gasteiger partial charge is 0.496 e. The maximum Gasteiger partial charge on any atom is 0.126 e. The molecular formula is C25H31OP. The summed E-state index contributed by atoms with van der Waals surface area (Å²) < 4.78 is 5.89. The molecule has 27 heavy (non-hydrogen) atoms. The highest BCUT2D eigenvalue weighted by Gasteiger charge is 2.42. The van der Waals surface area contributed by atoms with Gasteiger partial charge < -0.3 is 4.74 Å². The predicted molar refractivity (Wildman–Crippen MR) is 117 cm³/mol. The quantitative estimate of drug-likeness (QED) is 0.520. The molecule has 1 nitrogen and oxygen atoms in total. The van der Waals surface area contributed by atoms with Gasteiger partial charge in [0.25, 0.3) is 0 Å². The van der Waals surface area contributed by atoms with Gasteiger partial charge in [-0.3, -0.25) is 0 Å². The van der Waals surface area contributed by atoms with Crippen molar-refractivity contribution in [3.63, 3.8) is 0 Å². The molecule has 1 heterocycles. The van der Waals surface area contributed by atoms with Gasteiger partial charge in [-0.2, -0.15) is 0 Å². The summed E-state index contributed by atoms with van der Waals surface area (Å²) in [4.78, 5) is 0. The average Bonchev–Trinajstić information content (AvgIpc) is 2.87. The second-order valence-electron chi connectivity index (χ2n) is 8.60. The Labute approximate surface area is 165 Å². The van der Waals surface area contributed by atoms with E-state index in [1.54, 1.807) is 10.9 Å². The monoisotopic (exact) mass is 378 g/mol. The molecule has 0 N–H and O–H groups in total. The van der Waals surface area contributed by atoms with Gasteiger partial charge >= 0.3 is 0 Å². The van der Waals surface area contributed by atoms with Crippen LogP contribution in [0.3, 0.4) is 0 Å². The van der Waals surface area contributed by atoms with Crippen molar-refractivity contribution in [2.24, 2.45) is 0 Å². The Balaban J connectivity index is 1.74. The van der Waals surface area contributed by atoms with Gasteiger partial charge in [0.15, 0.2) is 0 Å². The van der Waals surface area contributed by atoms with Gasteiger partial charge in [-0.25, -0.2) is 0 Å². The molecule has 2 fully saturated rings. The van der Waals surface area contributed by atoms with Crippen LogP contribution in [-0.2, 0) is 0 Å². The van der Waals surface area contributed by atoms with E-state index in [9.17, 15) is 0 Å². The molecule has 0 spiro atoms. The van der Waals surface area contributed by atoms with E-state index in [-0.39, 0.29) is 7.92 Å². The van der Waals surface area contributed by atoms with Crippen LogP contribution in [0, 0.1) is 0 Å². The highest BCUT2D eigenvalue weighted by atomic mass is 31.1. The first-order chi connectivity index (χ1) is 13.4. The Hall–Kier alpha value is -1.33. The highest BCUT2D eigenvalue weighted by Crippen LogP contribution is 2.62. The lowest BCUT2D eigenvalue weighted by atomic mass is 9.80. The van der Waals surface area contributed by atoms with Crippen LogP contribution in [0.1, 0.15) is 69.3 Å². The molecule has 2 saturated carbocycles. The van der Waals surface area contributed by atoms with Crippen molar-refractivity contribution in [2.75, 3.05) is 7.11 Å². The minimum atomic E-state index is -0.109. The van der Waals surface area contributed by atoms with Crippen LogP contribution >= 0.6 is 7.92 Å². The summed E-state index contributed by atoms with van der Waals surface area (Å²) in [5, 5.41) is 1.68. The smallest absolute Gasteiger partial charge is 0.126 e. The summed E-state index contributed by atoms with van der Waals surface area (Å²) in [5.74, 6) is 1.80. The molecule has 2 aliphatic carbocycles. The van der Waals surface area contributed by atoms with E-state index in [0.717, 1.165) is 23.0 Å². The van der Waals surface area contributed by atoms with Crippen LogP contribution in [0.25, 0.3) is 11.1 Å². The summed E-state index contributed by atoms with van der Waals surface area (Å²) in [5.41, 5.74) is 6.27. The van der Waals surface area contributed by atoms with Gasteiger partial charge in [0, 0.05) is 5.56 Å². The summed E-state index contributed by atoms with van der Waals surface area (Å²) in [7, 11) is 1.73. The lowest BCUT2D eigenvalue weighted by molar-refractivity contribution is 0.412. The van der Waals surface area contributed by atoms with Gasteiger partial charge in [-0.15, -0.1) is 0 Å². The van der Waals surface area contributed by atoms with Gasteiger partial charge in [0.2, 0.25) is 0 Å². The first kappa shape index (κ1) is 17.7. The fraction of sp³-hybridized carbons (Fsp3) is 0.520. The minimum absolute atomic E-state index is 0.109. The van der Waals surface area contributed by atoms with E-state index in [2.05, 4.69) is 42.5 Å². The van der Waals surface area contributed by atoms with Crippen molar-refractivity contribution in [3.05, 3.63) is 48.0 Å². The Morgan fingerprint density at radius 1 is 0.815 bits per heavy atom. The van der Waals surface area contributed by atoms with Gasteiger partial charge in [0.1, 0.15) is 5.75 Å². The van der Waals surface area contributed by atoms with Crippen LogP contribution in [0.15, 0.2) is 42.5 Å². The molecule has 0 amide bonds. The van der Waals surface area contributed by atoms with Crippen molar-refractivity contribution in [1.29, 1.82) is 0 Å². The third-order valence-electron chi connectivity index (χ3n) is 7.18. The second kappa shape index (κ2) is 7.59. The predicted octanol–water partition coefficient (Wildman–Crippen LogP) is 6.84. The van der Waals surface area contributed by atoms with E-state index in [0.29, 0.717) is 0 Å². The summed E-state index contributed by atoms with van der Waals surface area (Å²) in [6, 6.07) is 16.2. The molecule has 1 aliphatic heterocycles.